The van der Waals surface area contributed by atoms with Gasteiger partial charge in [-0.2, -0.15) is 0 Å². The number of hydrogen-bond donors (Lipinski definition) is 2. The summed E-state index contributed by atoms with van der Waals surface area (Å²) in [7, 11) is 0. The van der Waals surface area contributed by atoms with Gasteiger partial charge < -0.3 is 11.1 Å². The Balaban J connectivity index is 2.00. The third-order valence-corrected chi connectivity index (χ3v) is 3.92. The van der Waals surface area contributed by atoms with Gasteiger partial charge in [-0.15, -0.1) is 11.3 Å². The van der Waals surface area contributed by atoms with Gasteiger partial charge >= 0.3 is 0 Å². The molecule has 3 heteroatoms. The molecule has 0 unspecified atom stereocenters. The minimum absolute atomic E-state index is 0.778. The van der Waals surface area contributed by atoms with Crippen LogP contribution in [-0.2, 0) is 0 Å². The molecule has 0 atom stereocenters. The molecule has 0 aliphatic heterocycles. The van der Waals surface area contributed by atoms with E-state index in [-0.39, 0.29) is 0 Å². The second-order valence-electron chi connectivity index (χ2n) is 4.34. The maximum atomic E-state index is 6.00. The number of anilines is 3. The number of nitrogen functional groups attached to an aromatic ring is 1. The average Bonchev–Trinajstić information content (AvgIpc) is 2.81. The van der Waals surface area contributed by atoms with Gasteiger partial charge in [-0.05, 0) is 53.6 Å². The van der Waals surface area contributed by atoms with E-state index in [1.807, 2.05) is 12.1 Å². The molecule has 0 aliphatic rings. The first-order valence-electron chi connectivity index (χ1n) is 5.83. The summed E-state index contributed by atoms with van der Waals surface area (Å²) < 4.78 is 1.30. The first kappa shape index (κ1) is 11.1. The molecule has 3 rings (SSSR count). The van der Waals surface area contributed by atoms with E-state index in [1.165, 1.54) is 10.1 Å². The van der Waals surface area contributed by atoms with Crippen LogP contribution in [0.25, 0.3) is 10.1 Å². The third kappa shape index (κ3) is 1.93. The summed E-state index contributed by atoms with van der Waals surface area (Å²) in [6, 6.07) is 14.4. The van der Waals surface area contributed by atoms with Gasteiger partial charge in [0.1, 0.15) is 0 Å². The quantitative estimate of drug-likeness (QED) is 0.659. The molecule has 2 aromatic carbocycles. The highest BCUT2D eigenvalue weighted by Gasteiger charge is 2.04. The molecule has 90 valence electrons. The van der Waals surface area contributed by atoms with Crippen molar-refractivity contribution in [2.45, 2.75) is 6.92 Å². The largest absolute Gasteiger partial charge is 0.397 e. The highest BCUT2D eigenvalue weighted by atomic mass is 32.1. The number of hydrogen-bond acceptors (Lipinski definition) is 3. The normalized spacial score (nSPS) is 10.7. The molecule has 0 spiro atoms. The van der Waals surface area contributed by atoms with Crippen LogP contribution in [-0.4, -0.2) is 0 Å². The second-order valence-corrected chi connectivity index (χ2v) is 5.29. The molecule has 0 aliphatic carbocycles. The molecule has 0 bridgehead atoms. The average molecular weight is 254 g/mol. The van der Waals surface area contributed by atoms with Crippen LogP contribution in [0.15, 0.2) is 47.8 Å². The number of nitrogens with one attached hydrogen (secondary N) is 1. The number of para-hydroxylation sites is 1. The Kier molecular flexibility index (Phi) is 2.68. The van der Waals surface area contributed by atoms with Crippen LogP contribution in [0.2, 0.25) is 0 Å². The molecule has 3 aromatic rings. The molecule has 0 fully saturated rings. The number of thiophene rings is 1. The summed E-state index contributed by atoms with van der Waals surface area (Å²) in [5, 5.41) is 6.77. The van der Waals surface area contributed by atoms with E-state index in [4.69, 9.17) is 5.73 Å². The minimum atomic E-state index is 0.778. The molecule has 1 heterocycles. The van der Waals surface area contributed by atoms with Crippen LogP contribution >= 0.6 is 11.3 Å². The van der Waals surface area contributed by atoms with E-state index in [2.05, 4.69) is 48.0 Å². The van der Waals surface area contributed by atoms with Crippen molar-refractivity contribution in [3.05, 3.63) is 53.4 Å². The lowest BCUT2D eigenvalue weighted by atomic mass is 10.1. The maximum Gasteiger partial charge on any atom is 0.0647 e. The van der Waals surface area contributed by atoms with Crippen LogP contribution in [0.1, 0.15) is 5.56 Å². The molecule has 0 saturated carbocycles. The monoisotopic (exact) mass is 254 g/mol. The van der Waals surface area contributed by atoms with E-state index in [0.29, 0.717) is 0 Å². The predicted molar refractivity (Wildman–Crippen MR) is 80.7 cm³/mol. The van der Waals surface area contributed by atoms with Gasteiger partial charge in [0.25, 0.3) is 0 Å². The fourth-order valence-corrected chi connectivity index (χ4v) is 2.82. The Hall–Kier alpha value is -2.00. The van der Waals surface area contributed by atoms with Crippen molar-refractivity contribution in [1.29, 1.82) is 0 Å². The Bertz CT molecular complexity index is 680. The summed E-state index contributed by atoms with van der Waals surface area (Å²) in [4.78, 5) is 0. The van der Waals surface area contributed by atoms with Crippen molar-refractivity contribution >= 4 is 38.5 Å². The van der Waals surface area contributed by atoms with E-state index in [1.54, 1.807) is 11.3 Å². The SMILES string of the molecule is Cc1cccc(N)c1Nc1ccc2sccc2c1. The molecule has 2 nitrogen and oxygen atoms in total. The van der Waals surface area contributed by atoms with Crippen LogP contribution in [0.3, 0.4) is 0 Å². The standard InChI is InChI=1S/C15H14N2S/c1-10-3-2-4-13(16)15(10)17-12-5-6-14-11(9-12)7-8-18-14/h2-9,17H,16H2,1H3. The van der Waals surface area contributed by atoms with Gasteiger partial charge in [-0.1, -0.05) is 12.1 Å². The van der Waals surface area contributed by atoms with Crippen molar-refractivity contribution in [1.82, 2.24) is 0 Å². The predicted octanol–water partition coefficient (Wildman–Crippen LogP) is 4.54. The highest BCUT2D eigenvalue weighted by molar-refractivity contribution is 7.17. The van der Waals surface area contributed by atoms with Crippen molar-refractivity contribution in [3.63, 3.8) is 0 Å². The second kappa shape index (κ2) is 4.35. The van der Waals surface area contributed by atoms with Crippen molar-refractivity contribution in [3.8, 4) is 0 Å². The molecule has 3 N–H and O–H groups in total. The fraction of sp³-hybridized carbons (Fsp3) is 0.0667. The number of fused-ring (bicyclic) bond motifs is 1. The van der Waals surface area contributed by atoms with E-state index < -0.39 is 0 Å². The first-order valence-corrected chi connectivity index (χ1v) is 6.71. The van der Waals surface area contributed by atoms with E-state index in [0.717, 1.165) is 22.6 Å². The lowest BCUT2D eigenvalue weighted by Gasteiger charge is -2.12. The third-order valence-electron chi connectivity index (χ3n) is 3.03. The van der Waals surface area contributed by atoms with Gasteiger partial charge in [0.05, 0.1) is 11.4 Å². The minimum Gasteiger partial charge on any atom is -0.397 e. The zero-order valence-electron chi connectivity index (χ0n) is 10.1. The lowest BCUT2D eigenvalue weighted by Crippen LogP contribution is -1.98. The molecule has 0 saturated heterocycles. The molecular weight excluding hydrogens is 240 g/mol. The maximum absolute atomic E-state index is 6.00. The topological polar surface area (TPSA) is 38.0 Å². The number of rotatable bonds is 2. The van der Waals surface area contributed by atoms with Crippen LogP contribution in [0.5, 0.6) is 0 Å². The van der Waals surface area contributed by atoms with Crippen molar-refractivity contribution in [2.75, 3.05) is 11.1 Å². The van der Waals surface area contributed by atoms with Gasteiger partial charge in [0, 0.05) is 10.4 Å². The fourth-order valence-electron chi connectivity index (χ4n) is 2.05. The molecule has 0 radical (unpaired) electrons. The highest BCUT2D eigenvalue weighted by Crippen LogP contribution is 2.29. The van der Waals surface area contributed by atoms with E-state index in [9.17, 15) is 0 Å². The Morgan fingerprint density at radius 1 is 1.11 bits per heavy atom. The summed E-state index contributed by atoms with van der Waals surface area (Å²) in [5.41, 5.74) is 10.00. The summed E-state index contributed by atoms with van der Waals surface area (Å²) >= 11 is 1.76. The molecular formula is C15H14N2S. The summed E-state index contributed by atoms with van der Waals surface area (Å²) in [6.07, 6.45) is 0. The zero-order valence-corrected chi connectivity index (χ0v) is 10.9. The van der Waals surface area contributed by atoms with Gasteiger partial charge in [-0.25, -0.2) is 0 Å². The van der Waals surface area contributed by atoms with Crippen molar-refractivity contribution < 1.29 is 0 Å². The number of benzene rings is 2. The zero-order chi connectivity index (χ0) is 12.5. The van der Waals surface area contributed by atoms with Gasteiger partial charge in [0.15, 0.2) is 0 Å². The Labute approximate surface area is 110 Å². The first-order chi connectivity index (χ1) is 8.74. The van der Waals surface area contributed by atoms with Crippen LogP contribution < -0.4 is 11.1 Å². The Morgan fingerprint density at radius 3 is 2.83 bits per heavy atom. The Morgan fingerprint density at radius 2 is 2.00 bits per heavy atom. The number of nitrogens with two attached hydrogens (primary N) is 1. The summed E-state index contributed by atoms with van der Waals surface area (Å²) in [5.74, 6) is 0. The van der Waals surface area contributed by atoms with Crippen molar-refractivity contribution in [2.24, 2.45) is 0 Å². The van der Waals surface area contributed by atoms with Gasteiger partial charge in [0.2, 0.25) is 0 Å². The summed E-state index contributed by atoms with van der Waals surface area (Å²) in [6.45, 7) is 2.06. The molecule has 0 amide bonds. The van der Waals surface area contributed by atoms with Crippen LogP contribution in [0.4, 0.5) is 17.1 Å². The smallest absolute Gasteiger partial charge is 0.0647 e. The van der Waals surface area contributed by atoms with Gasteiger partial charge in [-0.3, -0.25) is 0 Å². The number of aryl methyl sites for hydroxylation is 1. The lowest BCUT2D eigenvalue weighted by molar-refractivity contribution is 1.44. The van der Waals surface area contributed by atoms with E-state index >= 15 is 0 Å². The molecule has 18 heavy (non-hydrogen) atoms. The van der Waals surface area contributed by atoms with Crippen LogP contribution in [0, 0.1) is 6.92 Å². The molecule has 1 aromatic heterocycles.